The van der Waals surface area contributed by atoms with Crippen molar-refractivity contribution in [3.63, 3.8) is 0 Å². The van der Waals surface area contributed by atoms with Crippen LogP contribution in [-0.2, 0) is 32.7 Å². The first-order valence-corrected chi connectivity index (χ1v) is 38.9. The topological polar surface area (TPSA) is 108 Å². The zero-order valence-corrected chi connectivity index (χ0v) is 60.4. The minimum absolute atomic E-state index is 0.0196. The zero-order valence-electron chi connectivity index (χ0n) is 59.5. The van der Waals surface area contributed by atoms with Crippen molar-refractivity contribution in [2.45, 2.75) is 322 Å². The van der Waals surface area contributed by atoms with Gasteiger partial charge < -0.3 is 18.9 Å². The molecule has 0 amide bonds. The summed E-state index contributed by atoms with van der Waals surface area (Å²) in [6, 6.07) is 0. The number of carbonyl (C=O) groups is 2. The van der Waals surface area contributed by atoms with Gasteiger partial charge in [-0.25, -0.2) is 4.57 Å². The van der Waals surface area contributed by atoms with E-state index in [0.29, 0.717) is 17.4 Å². The number of likely N-dealkylation sites (N-methyl/N-ethyl adjacent to an activating group) is 1. The molecule has 0 aliphatic rings. The van der Waals surface area contributed by atoms with Crippen LogP contribution in [0.1, 0.15) is 316 Å². The van der Waals surface area contributed by atoms with Crippen molar-refractivity contribution in [3.8, 4) is 0 Å². The first kappa shape index (κ1) is 87.2. The third kappa shape index (κ3) is 75.1. The van der Waals surface area contributed by atoms with Crippen LogP contribution in [0.5, 0.6) is 0 Å². The van der Waals surface area contributed by atoms with Crippen molar-refractivity contribution in [1.29, 1.82) is 0 Å². The fourth-order valence-electron chi connectivity index (χ4n) is 10.3. The second-order valence-electron chi connectivity index (χ2n) is 26.0. The largest absolute Gasteiger partial charge is 0.472 e. The van der Waals surface area contributed by atoms with E-state index in [0.717, 1.165) is 109 Å². The summed E-state index contributed by atoms with van der Waals surface area (Å²) in [5, 5.41) is 0. The van der Waals surface area contributed by atoms with Crippen LogP contribution in [0.25, 0.3) is 0 Å². The van der Waals surface area contributed by atoms with E-state index in [-0.39, 0.29) is 32.0 Å². The number of unbranched alkanes of at least 4 members (excludes halogenated alkanes) is 32. The minimum atomic E-state index is -4.41. The van der Waals surface area contributed by atoms with Crippen molar-refractivity contribution in [2.75, 3.05) is 47.5 Å². The minimum Gasteiger partial charge on any atom is -0.462 e. The maximum atomic E-state index is 12.9. The van der Waals surface area contributed by atoms with Gasteiger partial charge in [-0.1, -0.05) is 340 Å². The molecule has 91 heavy (non-hydrogen) atoms. The van der Waals surface area contributed by atoms with Gasteiger partial charge in [0.25, 0.3) is 0 Å². The first-order chi connectivity index (χ1) is 44.5. The molecule has 10 heteroatoms. The Morgan fingerprint density at radius 3 is 0.934 bits per heavy atom. The smallest absolute Gasteiger partial charge is 0.462 e. The fraction of sp³-hybridized carbons (Fsp3) is 0.704. The lowest BCUT2D eigenvalue weighted by Gasteiger charge is -2.24. The molecule has 2 unspecified atom stereocenters. The second kappa shape index (κ2) is 70.5. The van der Waals surface area contributed by atoms with Gasteiger partial charge in [0.15, 0.2) is 6.10 Å². The van der Waals surface area contributed by atoms with E-state index >= 15 is 0 Å². The molecule has 522 valence electrons. The SMILES string of the molecule is CC/C=C\C/C=C\C/C=C\C/C=C\C/C=C\C/C=C\C/C=C\C/C=C\C/C=C\C/C=C\C/C=C\CCCCCC(=O)OC(COC(=O)CCCCCCCCCCCCCCCCCCCCCCCCCCCCCCCC)COP(=O)(O)OCC[N+](C)(C)C. The molecule has 0 saturated heterocycles. The number of nitrogens with zero attached hydrogens (tertiary/aromatic N) is 1. The van der Waals surface area contributed by atoms with Gasteiger partial charge in [0.05, 0.1) is 27.7 Å². The van der Waals surface area contributed by atoms with E-state index in [9.17, 15) is 19.0 Å². The predicted molar refractivity (Wildman–Crippen MR) is 394 cm³/mol. The standard InChI is InChI=1S/C81H140NO8P/c1-6-8-10-12-14-16-18-20-22-24-26-28-30-32-34-36-38-39-40-41-42-43-44-46-48-50-52-54-56-58-60-62-64-66-68-70-72-74-81(84)90-79(78-89-91(85,86)88-76-75-82(3,4)5)77-87-80(83)73-71-69-67-65-63-61-59-57-55-53-51-49-47-45-37-35-33-31-29-27-25-23-21-19-17-15-13-11-9-7-2/h8,10,14,16,20,22,26,28,32,34,38-39,41-42,44,46,50,52,56,58,62,64,79H,6-7,9,11-13,15,17-19,21,23-25,27,29-31,33,35-37,40,43,45,47-49,51,53-55,57,59-61,63,65-78H2,1-5H3/p+1/b10-8-,16-14-,22-20-,28-26-,34-32-,39-38-,42-41-,46-44-,52-50-,58-56-,64-62-. The number of phosphoric acid groups is 1. The number of allylic oxidation sites excluding steroid dienone is 22. The van der Waals surface area contributed by atoms with Gasteiger partial charge in [-0.05, 0) is 96.3 Å². The monoisotopic (exact) mass is 1290 g/mol. The molecule has 0 aliphatic heterocycles. The molecule has 0 aromatic carbocycles. The molecule has 0 spiro atoms. The number of hydrogen-bond donors (Lipinski definition) is 1. The number of quaternary nitrogens is 1. The van der Waals surface area contributed by atoms with Crippen LogP contribution < -0.4 is 0 Å². The lowest BCUT2D eigenvalue weighted by atomic mass is 10.0. The van der Waals surface area contributed by atoms with E-state index in [1.165, 1.54) is 173 Å². The number of rotatable bonds is 68. The second-order valence-corrected chi connectivity index (χ2v) is 27.4. The Morgan fingerprint density at radius 2 is 0.626 bits per heavy atom. The number of hydrogen-bond acceptors (Lipinski definition) is 7. The van der Waals surface area contributed by atoms with E-state index in [1.54, 1.807) is 0 Å². The van der Waals surface area contributed by atoms with Gasteiger partial charge in [-0.2, -0.15) is 0 Å². The Bertz CT molecular complexity index is 2000. The average molecular weight is 1290 g/mol. The van der Waals surface area contributed by atoms with Gasteiger partial charge >= 0.3 is 19.8 Å². The summed E-state index contributed by atoms with van der Waals surface area (Å²) in [5.74, 6) is -0.833. The highest BCUT2D eigenvalue weighted by molar-refractivity contribution is 7.47. The van der Waals surface area contributed by atoms with E-state index < -0.39 is 26.5 Å². The summed E-state index contributed by atoms with van der Waals surface area (Å²) in [6.45, 7) is 4.31. The Morgan fingerprint density at radius 1 is 0.352 bits per heavy atom. The van der Waals surface area contributed by atoms with Crippen molar-refractivity contribution in [2.24, 2.45) is 0 Å². The number of phosphoric ester groups is 1. The van der Waals surface area contributed by atoms with Crippen molar-refractivity contribution < 1.29 is 42.1 Å². The fourth-order valence-corrected chi connectivity index (χ4v) is 11.0. The summed E-state index contributed by atoms with van der Waals surface area (Å²) in [4.78, 5) is 35.9. The highest BCUT2D eigenvalue weighted by atomic mass is 31.2. The molecule has 0 aromatic rings. The van der Waals surface area contributed by atoms with Gasteiger partial charge in [0.1, 0.15) is 19.8 Å². The quantitative estimate of drug-likeness (QED) is 0.0211. The summed E-state index contributed by atoms with van der Waals surface area (Å²) in [7, 11) is 1.45. The van der Waals surface area contributed by atoms with E-state index in [4.69, 9.17) is 18.5 Å². The third-order valence-electron chi connectivity index (χ3n) is 15.9. The number of carbonyl (C=O) groups excluding carboxylic acids is 2. The Balaban J connectivity index is 4.13. The zero-order chi connectivity index (χ0) is 66.2. The van der Waals surface area contributed by atoms with Gasteiger partial charge in [0, 0.05) is 12.8 Å². The highest BCUT2D eigenvalue weighted by Gasteiger charge is 2.27. The summed E-state index contributed by atoms with van der Waals surface area (Å²) in [5.41, 5.74) is 0. The van der Waals surface area contributed by atoms with Crippen LogP contribution in [0.4, 0.5) is 0 Å². The van der Waals surface area contributed by atoms with Gasteiger partial charge in [0.2, 0.25) is 0 Å². The third-order valence-corrected chi connectivity index (χ3v) is 16.9. The highest BCUT2D eigenvalue weighted by Crippen LogP contribution is 2.43. The first-order valence-electron chi connectivity index (χ1n) is 37.4. The van der Waals surface area contributed by atoms with Crippen LogP contribution >= 0.6 is 7.82 Å². The van der Waals surface area contributed by atoms with Gasteiger partial charge in [-0.15, -0.1) is 0 Å². The van der Waals surface area contributed by atoms with Gasteiger partial charge in [-0.3, -0.25) is 18.6 Å². The molecule has 0 rings (SSSR count). The lowest BCUT2D eigenvalue weighted by Crippen LogP contribution is -2.37. The van der Waals surface area contributed by atoms with E-state index in [1.807, 2.05) is 21.1 Å². The molecule has 0 fully saturated rings. The predicted octanol–water partition coefficient (Wildman–Crippen LogP) is 24.8. The molecule has 0 heterocycles. The lowest BCUT2D eigenvalue weighted by molar-refractivity contribution is -0.870. The Hall–Kier alpha value is -3.85. The van der Waals surface area contributed by atoms with Crippen molar-refractivity contribution in [1.82, 2.24) is 0 Å². The van der Waals surface area contributed by atoms with Crippen molar-refractivity contribution >= 4 is 19.8 Å². The summed E-state index contributed by atoms with van der Waals surface area (Å²) >= 11 is 0. The van der Waals surface area contributed by atoms with Crippen LogP contribution in [0.3, 0.4) is 0 Å². The molecule has 0 aromatic heterocycles. The van der Waals surface area contributed by atoms with Crippen LogP contribution in [-0.4, -0.2) is 74.9 Å². The summed E-state index contributed by atoms with van der Waals surface area (Å²) < 4.78 is 34.7. The Labute approximate surface area is 561 Å². The molecule has 0 saturated carbocycles. The van der Waals surface area contributed by atoms with Crippen LogP contribution in [0.2, 0.25) is 0 Å². The number of esters is 2. The van der Waals surface area contributed by atoms with Crippen LogP contribution in [0, 0.1) is 0 Å². The molecule has 0 radical (unpaired) electrons. The molecule has 9 nitrogen and oxygen atoms in total. The maximum absolute atomic E-state index is 12.9. The maximum Gasteiger partial charge on any atom is 0.472 e. The molecule has 1 N–H and O–H groups in total. The molecular formula is C81H141NO8P+. The normalized spacial score (nSPS) is 13.9. The summed E-state index contributed by atoms with van der Waals surface area (Å²) in [6.07, 6.45) is 103. The molecular weight excluding hydrogens is 1150 g/mol. The molecule has 0 bridgehead atoms. The van der Waals surface area contributed by atoms with Crippen molar-refractivity contribution in [3.05, 3.63) is 134 Å². The van der Waals surface area contributed by atoms with E-state index in [2.05, 4.69) is 148 Å². The molecule has 2 atom stereocenters. The average Bonchev–Trinajstić information content (AvgIpc) is 3.69. The Kier molecular flexibility index (Phi) is 67.5. The van der Waals surface area contributed by atoms with Crippen LogP contribution in [0.15, 0.2) is 134 Å². The molecule has 0 aliphatic carbocycles. The number of ether oxygens (including phenoxy) is 2.